The number of primary amides is 1. The number of amides is 1. The van der Waals surface area contributed by atoms with E-state index in [1.807, 2.05) is 17.0 Å². The van der Waals surface area contributed by atoms with E-state index in [9.17, 15) is 9.18 Å². The summed E-state index contributed by atoms with van der Waals surface area (Å²) in [4.78, 5) is 25.3. The highest BCUT2D eigenvalue weighted by Gasteiger charge is 2.25. The van der Waals surface area contributed by atoms with Gasteiger partial charge in [-0.25, -0.2) is 14.4 Å². The molecule has 4 heterocycles. The lowest BCUT2D eigenvalue weighted by atomic mass is 9.97. The number of hydrogen-bond acceptors (Lipinski definition) is 4. The topological polar surface area (TPSA) is 87.9 Å². The van der Waals surface area contributed by atoms with Gasteiger partial charge >= 0.3 is 0 Å². The summed E-state index contributed by atoms with van der Waals surface area (Å²) < 4.78 is 14.4. The van der Waals surface area contributed by atoms with Crippen LogP contribution in [0.4, 0.5) is 10.2 Å². The van der Waals surface area contributed by atoms with Crippen LogP contribution in [0.1, 0.15) is 12.8 Å². The molecule has 1 fully saturated rings. The molecule has 4 rings (SSSR count). The Balaban J connectivity index is 1.73. The summed E-state index contributed by atoms with van der Waals surface area (Å²) in [7, 11) is 0. The van der Waals surface area contributed by atoms with Crippen LogP contribution in [0, 0.1) is 11.7 Å². The van der Waals surface area contributed by atoms with Gasteiger partial charge in [-0.1, -0.05) is 0 Å². The van der Waals surface area contributed by atoms with E-state index in [1.165, 1.54) is 6.07 Å². The largest absolute Gasteiger partial charge is 0.369 e. The lowest BCUT2D eigenvalue weighted by Crippen LogP contribution is -2.41. The van der Waals surface area contributed by atoms with Gasteiger partial charge in [0, 0.05) is 36.4 Å². The molecule has 1 unspecified atom stereocenters. The van der Waals surface area contributed by atoms with E-state index in [4.69, 9.17) is 5.73 Å². The Morgan fingerprint density at radius 3 is 3.08 bits per heavy atom. The van der Waals surface area contributed by atoms with Crippen molar-refractivity contribution in [2.75, 3.05) is 18.0 Å². The van der Waals surface area contributed by atoms with Crippen molar-refractivity contribution < 1.29 is 9.18 Å². The molecule has 0 aromatic carbocycles. The third-order valence-corrected chi connectivity index (χ3v) is 4.69. The second kappa shape index (κ2) is 6.16. The van der Waals surface area contributed by atoms with Crippen LogP contribution in [-0.4, -0.2) is 33.9 Å². The van der Waals surface area contributed by atoms with Crippen molar-refractivity contribution >= 4 is 22.8 Å². The van der Waals surface area contributed by atoms with Crippen molar-refractivity contribution in [2.45, 2.75) is 12.8 Å². The Morgan fingerprint density at radius 2 is 2.24 bits per heavy atom. The molecule has 1 aliphatic rings. The summed E-state index contributed by atoms with van der Waals surface area (Å²) in [6.07, 6.45) is 5.04. The van der Waals surface area contributed by atoms with Gasteiger partial charge in [0.1, 0.15) is 23.0 Å². The fraction of sp³-hybridized carbons (Fsp3) is 0.278. The highest BCUT2D eigenvalue weighted by molar-refractivity contribution is 5.92. The number of carbonyl (C=O) groups excluding carboxylic acids is 1. The van der Waals surface area contributed by atoms with Crippen LogP contribution in [0.2, 0.25) is 0 Å². The third-order valence-electron chi connectivity index (χ3n) is 4.69. The van der Waals surface area contributed by atoms with E-state index in [0.29, 0.717) is 23.6 Å². The molecule has 7 heteroatoms. The van der Waals surface area contributed by atoms with Crippen molar-refractivity contribution in [2.24, 2.45) is 11.7 Å². The minimum Gasteiger partial charge on any atom is -0.369 e. The molecule has 0 bridgehead atoms. The molecule has 0 radical (unpaired) electrons. The maximum atomic E-state index is 14.4. The standard InChI is InChI=1S/C18H18FN5O/c19-14-5-6-15(24-8-2-3-11(10-24)17(20)25)23-16(14)13-9-22-18-12(13)4-1-7-21-18/h1,4-7,9,11H,2-3,8,10H2,(H2,20,25)(H,21,22). The number of hydrogen-bond donors (Lipinski definition) is 2. The first-order chi connectivity index (χ1) is 12.1. The molecule has 1 aliphatic heterocycles. The Labute approximate surface area is 143 Å². The van der Waals surface area contributed by atoms with Crippen molar-refractivity contribution in [3.8, 4) is 11.3 Å². The summed E-state index contributed by atoms with van der Waals surface area (Å²) in [6, 6.07) is 6.76. The van der Waals surface area contributed by atoms with Crippen molar-refractivity contribution in [1.29, 1.82) is 0 Å². The Kier molecular flexibility index (Phi) is 3.83. The van der Waals surface area contributed by atoms with E-state index in [0.717, 1.165) is 24.8 Å². The number of H-pyrrole nitrogens is 1. The van der Waals surface area contributed by atoms with Gasteiger partial charge < -0.3 is 15.6 Å². The van der Waals surface area contributed by atoms with Crippen molar-refractivity contribution in [3.05, 3.63) is 42.5 Å². The number of fused-ring (bicyclic) bond motifs is 1. The zero-order valence-electron chi connectivity index (χ0n) is 13.6. The van der Waals surface area contributed by atoms with Gasteiger partial charge in [0.05, 0.1) is 5.92 Å². The molecule has 1 saturated heterocycles. The molecule has 0 spiro atoms. The Bertz CT molecular complexity index is 938. The zero-order chi connectivity index (χ0) is 17.4. The molecule has 25 heavy (non-hydrogen) atoms. The molecule has 1 amide bonds. The summed E-state index contributed by atoms with van der Waals surface area (Å²) >= 11 is 0. The molecule has 3 aromatic rings. The predicted molar refractivity (Wildman–Crippen MR) is 93.4 cm³/mol. The van der Waals surface area contributed by atoms with Gasteiger partial charge in [0.15, 0.2) is 0 Å². The average Bonchev–Trinajstić information content (AvgIpc) is 3.06. The zero-order valence-corrected chi connectivity index (χ0v) is 13.6. The molecular formula is C18H18FN5O. The van der Waals surface area contributed by atoms with Crippen LogP contribution in [0.3, 0.4) is 0 Å². The van der Waals surface area contributed by atoms with E-state index in [-0.39, 0.29) is 17.5 Å². The number of halogens is 1. The number of carbonyl (C=O) groups is 1. The second-order valence-corrected chi connectivity index (χ2v) is 6.29. The first-order valence-electron chi connectivity index (χ1n) is 8.27. The lowest BCUT2D eigenvalue weighted by molar-refractivity contribution is -0.122. The van der Waals surface area contributed by atoms with Crippen molar-refractivity contribution in [1.82, 2.24) is 15.0 Å². The van der Waals surface area contributed by atoms with E-state index in [1.54, 1.807) is 18.5 Å². The van der Waals surface area contributed by atoms with Gasteiger partial charge in [0.2, 0.25) is 5.91 Å². The molecule has 3 N–H and O–H groups in total. The van der Waals surface area contributed by atoms with Crippen LogP contribution in [0.15, 0.2) is 36.7 Å². The SMILES string of the molecule is NC(=O)C1CCCN(c2ccc(F)c(-c3c[nH]c4ncccc34)n2)C1. The molecule has 3 aromatic heterocycles. The quantitative estimate of drug-likeness (QED) is 0.767. The van der Waals surface area contributed by atoms with Gasteiger partial charge in [0.25, 0.3) is 0 Å². The minimum absolute atomic E-state index is 0.193. The molecule has 128 valence electrons. The summed E-state index contributed by atoms with van der Waals surface area (Å²) in [5.74, 6) is -0.228. The van der Waals surface area contributed by atoms with Gasteiger partial charge in [-0.3, -0.25) is 4.79 Å². The maximum absolute atomic E-state index is 14.4. The van der Waals surface area contributed by atoms with E-state index < -0.39 is 5.82 Å². The lowest BCUT2D eigenvalue weighted by Gasteiger charge is -2.32. The number of aromatic nitrogens is 3. The van der Waals surface area contributed by atoms with E-state index in [2.05, 4.69) is 15.0 Å². The van der Waals surface area contributed by atoms with Crippen LogP contribution >= 0.6 is 0 Å². The number of nitrogens with zero attached hydrogens (tertiary/aromatic N) is 3. The summed E-state index contributed by atoms with van der Waals surface area (Å²) in [5, 5.41) is 0.819. The Hall–Kier alpha value is -2.96. The molecule has 1 atom stereocenters. The van der Waals surface area contributed by atoms with Crippen LogP contribution in [0.5, 0.6) is 0 Å². The fourth-order valence-electron chi connectivity index (χ4n) is 3.37. The molecule has 0 saturated carbocycles. The highest BCUT2D eigenvalue weighted by Crippen LogP contribution is 2.31. The Morgan fingerprint density at radius 1 is 1.36 bits per heavy atom. The first kappa shape index (κ1) is 15.6. The maximum Gasteiger partial charge on any atom is 0.222 e. The number of anilines is 1. The van der Waals surface area contributed by atoms with Gasteiger partial charge in [-0.05, 0) is 37.1 Å². The molecule has 0 aliphatic carbocycles. The number of aromatic amines is 1. The number of pyridine rings is 2. The van der Waals surface area contributed by atoms with Gasteiger partial charge in [-0.2, -0.15) is 0 Å². The number of rotatable bonds is 3. The summed E-state index contributed by atoms with van der Waals surface area (Å²) in [5.41, 5.74) is 7.08. The van der Waals surface area contributed by atoms with Crippen LogP contribution in [0.25, 0.3) is 22.3 Å². The normalized spacial score (nSPS) is 17.8. The minimum atomic E-state index is -0.392. The number of piperidine rings is 1. The van der Waals surface area contributed by atoms with Crippen molar-refractivity contribution in [3.63, 3.8) is 0 Å². The van der Waals surface area contributed by atoms with Gasteiger partial charge in [-0.15, -0.1) is 0 Å². The number of nitrogens with two attached hydrogens (primary N) is 1. The first-order valence-corrected chi connectivity index (χ1v) is 8.27. The van der Waals surface area contributed by atoms with Crippen LogP contribution in [-0.2, 0) is 4.79 Å². The third kappa shape index (κ3) is 2.82. The van der Waals surface area contributed by atoms with E-state index >= 15 is 0 Å². The monoisotopic (exact) mass is 339 g/mol. The number of nitrogens with one attached hydrogen (secondary N) is 1. The average molecular weight is 339 g/mol. The molecule has 6 nitrogen and oxygen atoms in total. The smallest absolute Gasteiger partial charge is 0.222 e. The predicted octanol–water partition coefficient (Wildman–Crippen LogP) is 2.47. The molecular weight excluding hydrogens is 321 g/mol. The second-order valence-electron chi connectivity index (χ2n) is 6.29. The summed E-state index contributed by atoms with van der Waals surface area (Å²) in [6.45, 7) is 1.29. The fourth-order valence-corrected chi connectivity index (χ4v) is 3.37. The van der Waals surface area contributed by atoms with Crippen LogP contribution < -0.4 is 10.6 Å². The highest BCUT2D eigenvalue weighted by atomic mass is 19.1.